The maximum atomic E-state index is 5.96. The lowest BCUT2D eigenvalue weighted by atomic mass is 9.85. The van der Waals surface area contributed by atoms with Crippen molar-refractivity contribution in [1.82, 2.24) is 5.32 Å². The number of benzene rings is 1. The van der Waals surface area contributed by atoms with Gasteiger partial charge in [-0.25, -0.2) is 0 Å². The third kappa shape index (κ3) is 4.09. The quantitative estimate of drug-likeness (QED) is 0.749. The standard InChI is InChI=1S/C15H22ClNO3/c1-3-17-13-10-14(15(13)19-9-8-18-2)20-12-6-4-11(16)5-7-12/h4-7,13-15,17H,3,8-10H2,1-2H3. The van der Waals surface area contributed by atoms with Crippen molar-refractivity contribution in [2.75, 3.05) is 26.9 Å². The number of halogens is 1. The third-order valence-electron chi connectivity index (χ3n) is 3.41. The molecule has 0 radical (unpaired) electrons. The smallest absolute Gasteiger partial charge is 0.128 e. The molecule has 112 valence electrons. The van der Waals surface area contributed by atoms with Crippen LogP contribution in [0.1, 0.15) is 13.3 Å². The van der Waals surface area contributed by atoms with Gasteiger partial charge in [0.25, 0.3) is 0 Å². The zero-order valence-corrected chi connectivity index (χ0v) is 12.7. The molecule has 0 aromatic heterocycles. The van der Waals surface area contributed by atoms with E-state index in [1.165, 1.54) is 0 Å². The Morgan fingerprint density at radius 3 is 2.65 bits per heavy atom. The van der Waals surface area contributed by atoms with Crippen LogP contribution in [0, 0.1) is 0 Å². The molecule has 1 aromatic carbocycles. The van der Waals surface area contributed by atoms with E-state index in [9.17, 15) is 0 Å². The van der Waals surface area contributed by atoms with E-state index in [0.717, 1.165) is 18.7 Å². The summed E-state index contributed by atoms with van der Waals surface area (Å²) < 4.78 is 16.8. The lowest BCUT2D eigenvalue weighted by molar-refractivity contribution is -0.115. The number of nitrogens with one attached hydrogen (secondary N) is 1. The van der Waals surface area contributed by atoms with Crippen molar-refractivity contribution >= 4 is 11.6 Å². The van der Waals surface area contributed by atoms with Gasteiger partial charge in [-0.2, -0.15) is 0 Å². The molecule has 0 spiro atoms. The van der Waals surface area contributed by atoms with Gasteiger partial charge in [0.2, 0.25) is 0 Å². The van der Waals surface area contributed by atoms with Crippen LogP contribution in [-0.4, -0.2) is 45.1 Å². The fraction of sp³-hybridized carbons (Fsp3) is 0.600. The molecule has 3 unspecified atom stereocenters. The van der Waals surface area contributed by atoms with Gasteiger partial charge in [-0.05, 0) is 30.8 Å². The molecular weight excluding hydrogens is 278 g/mol. The van der Waals surface area contributed by atoms with Crippen molar-refractivity contribution in [2.24, 2.45) is 0 Å². The Labute approximate surface area is 125 Å². The van der Waals surface area contributed by atoms with E-state index < -0.39 is 0 Å². The average molecular weight is 300 g/mol. The normalized spacial score (nSPS) is 25.2. The summed E-state index contributed by atoms with van der Waals surface area (Å²) in [6.45, 7) is 4.22. The lowest BCUT2D eigenvalue weighted by Gasteiger charge is -2.44. The Hall–Kier alpha value is -0.810. The number of methoxy groups -OCH3 is 1. The van der Waals surface area contributed by atoms with E-state index >= 15 is 0 Å². The van der Waals surface area contributed by atoms with E-state index in [-0.39, 0.29) is 12.2 Å². The Balaban J connectivity index is 1.87. The van der Waals surface area contributed by atoms with Crippen molar-refractivity contribution in [1.29, 1.82) is 0 Å². The predicted octanol–water partition coefficient (Wildman–Crippen LogP) is 2.50. The molecule has 1 N–H and O–H groups in total. The lowest BCUT2D eigenvalue weighted by Crippen LogP contribution is -2.61. The summed E-state index contributed by atoms with van der Waals surface area (Å²) in [6.07, 6.45) is 1.10. The highest BCUT2D eigenvalue weighted by Gasteiger charge is 2.43. The minimum atomic E-state index is 0.0702. The molecule has 0 aliphatic heterocycles. The molecule has 0 bridgehead atoms. The van der Waals surface area contributed by atoms with E-state index in [1.54, 1.807) is 7.11 Å². The molecule has 2 rings (SSSR count). The van der Waals surface area contributed by atoms with Crippen molar-refractivity contribution in [2.45, 2.75) is 31.6 Å². The summed E-state index contributed by atoms with van der Waals surface area (Å²) in [6, 6.07) is 7.79. The molecule has 5 heteroatoms. The molecule has 0 heterocycles. The summed E-state index contributed by atoms with van der Waals surface area (Å²) >= 11 is 5.87. The number of likely N-dealkylation sites (N-methyl/N-ethyl adjacent to an activating group) is 1. The predicted molar refractivity (Wildman–Crippen MR) is 79.6 cm³/mol. The number of ether oxygens (including phenoxy) is 3. The number of rotatable bonds is 8. The Kier molecular flexibility index (Phi) is 6.10. The maximum absolute atomic E-state index is 5.96. The van der Waals surface area contributed by atoms with Crippen LogP contribution in [0.5, 0.6) is 5.75 Å². The molecule has 1 aliphatic carbocycles. The topological polar surface area (TPSA) is 39.7 Å². The largest absolute Gasteiger partial charge is 0.488 e. The van der Waals surface area contributed by atoms with Gasteiger partial charge < -0.3 is 19.5 Å². The monoisotopic (exact) mass is 299 g/mol. The molecular formula is C15H22ClNO3. The summed E-state index contributed by atoms with van der Waals surface area (Å²) in [5.41, 5.74) is 0. The number of hydrogen-bond acceptors (Lipinski definition) is 4. The first-order valence-corrected chi connectivity index (χ1v) is 7.38. The number of hydrogen-bond donors (Lipinski definition) is 1. The molecule has 4 nitrogen and oxygen atoms in total. The van der Waals surface area contributed by atoms with E-state index in [1.807, 2.05) is 24.3 Å². The first kappa shape index (κ1) is 15.6. The molecule has 20 heavy (non-hydrogen) atoms. The van der Waals surface area contributed by atoms with Gasteiger partial charge in [0.1, 0.15) is 18.0 Å². The summed E-state index contributed by atoms with van der Waals surface area (Å²) in [5, 5.41) is 4.13. The Bertz CT molecular complexity index is 399. The molecule has 1 aliphatic rings. The van der Waals surface area contributed by atoms with E-state index in [4.69, 9.17) is 25.8 Å². The van der Waals surface area contributed by atoms with Gasteiger partial charge in [0.05, 0.1) is 13.2 Å². The molecule has 3 atom stereocenters. The highest BCUT2D eigenvalue weighted by atomic mass is 35.5. The molecule has 0 saturated heterocycles. The van der Waals surface area contributed by atoms with Gasteiger partial charge in [-0.15, -0.1) is 0 Å². The highest BCUT2D eigenvalue weighted by molar-refractivity contribution is 6.30. The summed E-state index contributed by atoms with van der Waals surface area (Å²) in [5.74, 6) is 0.828. The fourth-order valence-electron chi connectivity index (χ4n) is 2.34. The van der Waals surface area contributed by atoms with Crippen molar-refractivity contribution in [3.63, 3.8) is 0 Å². The van der Waals surface area contributed by atoms with E-state index in [0.29, 0.717) is 24.3 Å². The van der Waals surface area contributed by atoms with Crippen LogP contribution in [0.15, 0.2) is 24.3 Å². The molecule has 1 saturated carbocycles. The van der Waals surface area contributed by atoms with Gasteiger partial charge >= 0.3 is 0 Å². The first-order valence-electron chi connectivity index (χ1n) is 7.00. The zero-order valence-electron chi connectivity index (χ0n) is 12.0. The second-order valence-corrected chi connectivity index (χ2v) is 5.27. The van der Waals surface area contributed by atoms with Gasteiger partial charge in [0, 0.05) is 24.6 Å². The van der Waals surface area contributed by atoms with Crippen LogP contribution < -0.4 is 10.1 Å². The Morgan fingerprint density at radius 1 is 1.25 bits per heavy atom. The molecule has 1 aromatic rings. The minimum Gasteiger partial charge on any atom is -0.488 e. The molecule has 0 amide bonds. The second-order valence-electron chi connectivity index (χ2n) is 4.84. The highest BCUT2D eigenvalue weighted by Crippen LogP contribution is 2.29. The van der Waals surface area contributed by atoms with Crippen molar-refractivity contribution < 1.29 is 14.2 Å². The third-order valence-corrected chi connectivity index (χ3v) is 3.67. The van der Waals surface area contributed by atoms with Crippen LogP contribution in [0.25, 0.3) is 0 Å². The average Bonchev–Trinajstić information content (AvgIpc) is 2.44. The maximum Gasteiger partial charge on any atom is 0.128 e. The van der Waals surface area contributed by atoms with Crippen molar-refractivity contribution in [3.8, 4) is 5.75 Å². The van der Waals surface area contributed by atoms with E-state index in [2.05, 4.69) is 12.2 Å². The molecule has 1 fully saturated rings. The van der Waals surface area contributed by atoms with Gasteiger partial charge in [-0.3, -0.25) is 0 Å². The Morgan fingerprint density at radius 2 is 2.00 bits per heavy atom. The van der Waals surface area contributed by atoms with Crippen molar-refractivity contribution in [3.05, 3.63) is 29.3 Å². The van der Waals surface area contributed by atoms with Gasteiger partial charge in [-0.1, -0.05) is 18.5 Å². The van der Waals surface area contributed by atoms with Crippen LogP contribution >= 0.6 is 11.6 Å². The van der Waals surface area contributed by atoms with Crippen LogP contribution in [0.2, 0.25) is 5.02 Å². The first-order chi connectivity index (χ1) is 9.74. The fourth-order valence-corrected chi connectivity index (χ4v) is 2.46. The SMILES string of the molecule is CCNC1CC(Oc2ccc(Cl)cc2)C1OCCOC. The zero-order chi connectivity index (χ0) is 14.4. The van der Waals surface area contributed by atoms with Crippen LogP contribution in [0.4, 0.5) is 0 Å². The van der Waals surface area contributed by atoms with Crippen LogP contribution in [-0.2, 0) is 9.47 Å². The minimum absolute atomic E-state index is 0.0702. The summed E-state index contributed by atoms with van der Waals surface area (Å²) in [7, 11) is 1.67. The van der Waals surface area contributed by atoms with Crippen LogP contribution in [0.3, 0.4) is 0 Å². The second kappa shape index (κ2) is 7.84. The summed E-state index contributed by atoms with van der Waals surface area (Å²) in [4.78, 5) is 0. The van der Waals surface area contributed by atoms with Gasteiger partial charge in [0.15, 0.2) is 0 Å².